The maximum Gasteiger partial charge on any atom is 0.147 e. The molecule has 0 saturated carbocycles. The minimum atomic E-state index is -0.256. The molecule has 0 radical (unpaired) electrons. The maximum absolute atomic E-state index is 12.8. The summed E-state index contributed by atoms with van der Waals surface area (Å²) >= 11 is 0. The number of nitrogens with two attached hydrogens (primary N) is 1. The molecule has 0 atom stereocenters. The van der Waals surface area contributed by atoms with Gasteiger partial charge in [-0.05, 0) is 42.0 Å². The van der Waals surface area contributed by atoms with Gasteiger partial charge in [0.1, 0.15) is 35.8 Å². The fourth-order valence-electron chi connectivity index (χ4n) is 1.92. The summed E-state index contributed by atoms with van der Waals surface area (Å²) in [7, 11) is 0. The highest BCUT2D eigenvalue weighted by Crippen LogP contribution is 2.26. The highest BCUT2D eigenvalue weighted by molar-refractivity contribution is 5.71. The van der Waals surface area contributed by atoms with Crippen molar-refractivity contribution in [2.75, 3.05) is 5.73 Å². The minimum Gasteiger partial charge on any atom is -0.489 e. The predicted octanol–water partition coefficient (Wildman–Crippen LogP) is 3.64. The van der Waals surface area contributed by atoms with Gasteiger partial charge in [-0.3, -0.25) is 0 Å². The molecule has 0 unspecified atom stereocenters. The molecule has 0 aliphatic rings. The van der Waals surface area contributed by atoms with E-state index in [1.807, 2.05) is 24.3 Å². The van der Waals surface area contributed by atoms with Crippen molar-refractivity contribution in [3.63, 3.8) is 0 Å². The number of benzene rings is 2. The Morgan fingerprint density at radius 1 is 1.05 bits per heavy atom. The SMILES string of the molecule is Nc1conc1-c1ccc(OCc2ccc(F)cc2)cc1. The van der Waals surface area contributed by atoms with Crippen LogP contribution in [0.3, 0.4) is 0 Å². The molecule has 0 spiro atoms. The number of hydrogen-bond donors (Lipinski definition) is 1. The molecule has 2 aromatic carbocycles. The van der Waals surface area contributed by atoms with Crippen LogP contribution >= 0.6 is 0 Å². The summed E-state index contributed by atoms with van der Waals surface area (Å²) in [5, 5.41) is 3.84. The second-order valence-corrected chi connectivity index (χ2v) is 4.56. The first kappa shape index (κ1) is 13.2. The van der Waals surface area contributed by atoms with E-state index >= 15 is 0 Å². The summed E-state index contributed by atoms with van der Waals surface area (Å²) in [6.07, 6.45) is 1.40. The number of nitrogen functional groups attached to an aromatic ring is 1. The molecule has 0 aliphatic carbocycles. The second-order valence-electron chi connectivity index (χ2n) is 4.56. The summed E-state index contributed by atoms with van der Waals surface area (Å²) in [4.78, 5) is 0. The molecule has 106 valence electrons. The highest BCUT2D eigenvalue weighted by atomic mass is 19.1. The van der Waals surface area contributed by atoms with Crippen molar-refractivity contribution in [3.05, 3.63) is 66.2 Å². The van der Waals surface area contributed by atoms with Gasteiger partial charge in [-0.25, -0.2) is 4.39 Å². The quantitative estimate of drug-likeness (QED) is 0.794. The highest BCUT2D eigenvalue weighted by Gasteiger charge is 2.07. The average Bonchev–Trinajstić information content (AvgIpc) is 2.93. The third-order valence-electron chi connectivity index (χ3n) is 3.04. The van der Waals surface area contributed by atoms with E-state index in [0.717, 1.165) is 11.1 Å². The Hall–Kier alpha value is -2.82. The smallest absolute Gasteiger partial charge is 0.147 e. The fraction of sp³-hybridized carbons (Fsp3) is 0.0625. The number of rotatable bonds is 4. The van der Waals surface area contributed by atoms with Gasteiger partial charge in [0, 0.05) is 5.56 Å². The standard InChI is InChI=1S/C16H13FN2O2/c17-13-5-1-11(2-6-13)9-20-14-7-3-12(4-8-14)16-15(18)10-21-19-16/h1-8,10H,9,18H2. The van der Waals surface area contributed by atoms with Crippen LogP contribution < -0.4 is 10.5 Å². The van der Waals surface area contributed by atoms with Gasteiger partial charge in [0.05, 0.1) is 0 Å². The van der Waals surface area contributed by atoms with E-state index in [1.54, 1.807) is 12.1 Å². The number of nitrogens with zero attached hydrogens (tertiary/aromatic N) is 1. The van der Waals surface area contributed by atoms with E-state index in [0.29, 0.717) is 23.7 Å². The molecule has 0 amide bonds. The zero-order valence-corrected chi connectivity index (χ0v) is 11.1. The molecule has 0 fully saturated rings. The van der Waals surface area contributed by atoms with E-state index < -0.39 is 0 Å². The molecule has 5 heteroatoms. The molecule has 4 nitrogen and oxygen atoms in total. The Balaban J connectivity index is 1.67. The lowest BCUT2D eigenvalue weighted by atomic mass is 10.1. The van der Waals surface area contributed by atoms with Crippen molar-refractivity contribution in [2.45, 2.75) is 6.61 Å². The fourth-order valence-corrected chi connectivity index (χ4v) is 1.92. The third-order valence-corrected chi connectivity index (χ3v) is 3.04. The number of anilines is 1. The molecule has 2 N–H and O–H groups in total. The molecule has 0 saturated heterocycles. The van der Waals surface area contributed by atoms with Crippen LogP contribution in [0, 0.1) is 5.82 Å². The van der Waals surface area contributed by atoms with Crippen molar-refractivity contribution in [3.8, 4) is 17.0 Å². The molecule has 3 rings (SSSR count). The second kappa shape index (κ2) is 5.66. The lowest BCUT2D eigenvalue weighted by molar-refractivity contribution is 0.306. The molecule has 0 aliphatic heterocycles. The minimum absolute atomic E-state index is 0.256. The van der Waals surface area contributed by atoms with Gasteiger partial charge in [-0.1, -0.05) is 17.3 Å². The number of halogens is 1. The van der Waals surface area contributed by atoms with Gasteiger partial charge in [0.2, 0.25) is 0 Å². The van der Waals surface area contributed by atoms with Gasteiger partial charge >= 0.3 is 0 Å². The lowest BCUT2D eigenvalue weighted by Crippen LogP contribution is -1.95. The van der Waals surface area contributed by atoms with Crippen LogP contribution in [-0.4, -0.2) is 5.16 Å². The van der Waals surface area contributed by atoms with E-state index in [-0.39, 0.29) is 5.82 Å². The van der Waals surface area contributed by atoms with E-state index in [1.165, 1.54) is 18.4 Å². The normalized spacial score (nSPS) is 10.5. The first-order chi connectivity index (χ1) is 10.2. The van der Waals surface area contributed by atoms with Crippen molar-refractivity contribution in [1.82, 2.24) is 5.16 Å². The van der Waals surface area contributed by atoms with Gasteiger partial charge in [0.15, 0.2) is 0 Å². The van der Waals surface area contributed by atoms with Gasteiger partial charge in [-0.15, -0.1) is 0 Å². The van der Waals surface area contributed by atoms with Crippen LogP contribution in [0.15, 0.2) is 59.3 Å². The Kier molecular flexibility index (Phi) is 3.55. The van der Waals surface area contributed by atoms with Gasteiger partial charge < -0.3 is 15.0 Å². The van der Waals surface area contributed by atoms with Crippen LogP contribution in [0.1, 0.15) is 5.56 Å². The molecule has 1 aromatic heterocycles. The molecule has 3 aromatic rings. The molecular formula is C16H13FN2O2. The number of aromatic nitrogens is 1. The van der Waals surface area contributed by atoms with Crippen molar-refractivity contribution < 1.29 is 13.7 Å². The van der Waals surface area contributed by atoms with Crippen LogP contribution in [-0.2, 0) is 6.61 Å². The van der Waals surface area contributed by atoms with Crippen LogP contribution in [0.4, 0.5) is 10.1 Å². The summed E-state index contributed by atoms with van der Waals surface area (Å²) in [6.45, 7) is 0.381. The van der Waals surface area contributed by atoms with Crippen LogP contribution in [0.2, 0.25) is 0 Å². The average molecular weight is 284 g/mol. The monoisotopic (exact) mass is 284 g/mol. The summed E-state index contributed by atoms with van der Waals surface area (Å²) in [5.74, 6) is 0.457. The first-order valence-electron chi connectivity index (χ1n) is 6.40. The number of hydrogen-bond acceptors (Lipinski definition) is 4. The Morgan fingerprint density at radius 3 is 2.38 bits per heavy atom. The molecular weight excluding hydrogens is 271 g/mol. The predicted molar refractivity (Wildman–Crippen MR) is 77.1 cm³/mol. The van der Waals surface area contributed by atoms with E-state index in [9.17, 15) is 4.39 Å². The summed E-state index contributed by atoms with van der Waals surface area (Å²) < 4.78 is 23.2. The van der Waals surface area contributed by atoms with Crippen molar-refractivity contribution in [2.24, 2.45) is 0 Å². The van der Waals surface area contributed by atoms with Crippen LogP contribution in [0.5, 0.6) is 5.75 Å². The lowest BCUT2D eigenvalue weighted by Gasteiger charge is -2.07. The van der Waals surface area contributed by atoms with Crippen LogP contribution in [0.25, 0.3) is 11.3 Å². The number of ether oxygens (including phenoxy) is 1. The zero-order chi connectivity index (χ0) is 14.7. The Morgan fingerprint density at radius 2 is 1.76 bits per heavy atom. The summed E-state index contributed by atoms with van der Waals surface area (Å²) in [6, 6.07) is 13.6. The largest absolute Gasteiger partial charge is 0.489 e. The maximum atomic E-state index is 12.8. The Labute approximate surface area is 120 Å². The van der Waals surface area contributed by atoms with Crippen molar-refractivity contribution in [1.29, 1.82) is 0 Å². The summed E-state index contributed by atoms with van der Waals surface area (Å²) in [5.41, 5.74) is 8.61. The first-order valence-corrected chi connectivity index (χ1v) is 6.40. The van der Waals surface area contributed by atoms with E-state index in [4.69, 9.17) is 15.0 Å². The molecule has 1 heterocycles. The van der Waals surface area contributed by atoms with Gasteiger partial charge in [-0.2, -0.15) is 0 Å². The molecule has 0 bridgehead atoms. The van der Waals surface area contributed by atoms with Crippen molar-refractivity contribution >= 4 is 5.69 Å². The third kappa shape index (κ3) is 3.02. The zero-order valence-electron chi connectivity index (χ0n) is 11.1. The Bertz CT molecular complexity index is 721. The molecule has 21 heavy (non-hydrogen) atoms. The van der Waals surface area contributed by atoms with E-state index in [2.05, 4.69) is 5.16 Å². The topological polar surface area (TPSA) is 61.3 Å². The van der Waals surface area contributed by atoms with Gasteiger partial charge in [0.25, 0.3) is 0 Å².